The first-order valence-corrected chi connectivity index (χ1v) is 10.6. The van der Waals surface area contributed by atoms with Gasteiger partial charge in [-0.05, 0) is 48.7 Å². The van der Waals surface area contributed by atoms with Gasteiger partial charge in [0.25, 0.3) is 0 Å². The number of carbonyl (C=O) groups excluding carboxylic acids is 1. The van der Waals surface area contributed by atoms with E-state index in [4.69, 9.17) is 15.2 Å². The average molecular weight is 435 g/mol. The highest BCUT2D eigenvalue weighted by Crippen LogP contribution is 2.25. The Morgan fingerprint density at radius 3 is 2.43 bits per heavy atom. The highest BCUT2D eigenvalue weighted by Gasteiger charge is 2.17. The molecule has 1 unspecified atom stereocenters. The van der Waals surface area contributed by atoms with Crippen molar-refractivity contribution in [1.82, 2.24) is 14.2 Å². The third-order valence-corrected chi connectivity index (χ3v) is 6.34. The van der Waals surface area contributed by atoms with E-state index < -0.39 is 11.0 Å². The summed E-state index contributed by atoms with van der Waals surface area (Å²) in [5, 5.41) is 0. The Kier molecular flexibility index (Phi) is 8.76. The second kappa shape index (κ2) is 11.1. The molecule has 1 amide bonds. The summed E-state index contributed by atoms with van der Waals surface area (Å²) in [6, 6.07) is 7.28. The normalized spacial score (nSPS) is 12.1. The second-order valence-electron chi connectivity index (χ2n) is 7.08. The van der Waals surface area contributed by atoms with Gasteiger partial charge in [0, 0.05) is 33.4 Å². The lowest BCUT2D eigenvalue weighted by atomic mass is 10.1. The van der Waals surface area contributed by atoms with Crippen LogP contribution in [0.15, 0.2) is 35.4 Å². The minimum atomic E-state index is -1.33. The van der Waals surface area contributed by atoms with Crippen LogP contribution in [-0.2, 0) is 27.1 Å². The summed E-state index contributed by atoms with van der Waals surface area (Å²) in [5.41, 5.74) is 8.28. The molecule has 0 bridgehead atoms. The van der Waals surface area contributed by atoms with Crippen molar-refractivity contribution in [3.05, 3.63) is 47.2 Å². The van der Waals surface area contributed by atoms with Gasteiger partial charge in [0.05, 0.1) is 18.6 Å². The van der Waals surface area contributed by atoms with Crippen LogP contribution in [0.5, 0.6) is 5.75 Å². The van der Waals surface area contributed by atoms with Gasteiger partial charge >= 0.3 is 0 Å². The Labute approximate surface area is 180 Å². The summed E-state index contributed by atoms with van der Waals surface area (Å²) in [6.45, 7) is 4.93. The number of nitrogen functional groups attached to an aromatic ring is 1. The monoisotopic (exact) mass is 434 g/mol. The minimum Gasteiger partial charge on any atom is -0.497 e. The predicted octanol–water partition coefficient (Wildman–Crippen LogP) is 1.92. The number of aromatic nitrogens is 1. The molecule has 0 spiro atoms. The number of rotatable bonds is 10. The van der Waals surface area contributed by atoms with E-state index >= 15 is 0 Å². The van der Waals surface area contributed by atoms with Crippen LogP contribution in [-0.4, -0.2) is 65.3 Å². The Balaban J connectivity index is 1.80. The third kappa shape index (κ3) is 6.51. The number of ether oxygens (including phenoxy) is 2. The topological polar surface area (TPSA) is 98.0 Å². The molecular weight excluding hydrogens is 404 g/mol. The van der Waals surface area contributed by atoms with Gasteiger partial charge in [-0.1, -0.05) is 6.07 Å². The molecule has 8 nitrogen and oxygen atoms in total. The molecule has 1 heterocycles. The van der Waals surface area contributed by atoms with E-state index in [1.165, 1.54) is 0 Å². The predicted molar refractivity (Wildman–Crippen MR) is 117 cm³/mol. The number of hydrogen-bond acceptors (Lipinski definition) is 6. The van der Waals surface area contributed by atoms with Crippen molar-refractivity contribution >= 4 is 22.7 Å². The second-order valence-corrected chi connectivity index (χ2v) is 8.61. The lowest BCUT2D eigenvalue weighted by molar-refractivity contribution is -0.135. The quantitative estimate of drug-likeness (QED) is 0.574. The maximum absolute atomic E-state index is 12.9. The summed E-state index contributed by atoms with van der Waals surface area (Å²) < 4.78 is 25.4. The van der Waals surface area contributed by atoms with Crippen LogP contribution in [0, 0.1) is 13.8 Å². The standard InChI is InChI=1S/C21H30N4O4S/c1-15-10-18(28-5)11-16(2)21(15)30(27)25(4)8-9-29-14-20(26)24(3)13-17-6-7-19(22)23-12-17/h6-7,10-12H,8-9,13-14H2,1-5H3,(H2,22,23). The maximum Gasteiger partial charge on any atom is 0.248 e. The average Bonchev–Trinajstić information content (AvgIpc) is 2.71. The fourth-order valence-electron chi connectivity index (χ4n) is 2.90. The molecule has 9 heteroatoms. The molecule has 0 aliphatic rings. The van der Waals surface area contributed by atoms with Crippen molar-refractivity contribution in [3.63, 3.8) is 0 Å². The summed E-state index contributed by atoms with van der Waals surface area (Å²) in [7, 11) is 3.76. The molecule has 30 heavy (non-hydrogen) atoms. The fourth-order valence-corrected chi connectivity index (χ4v) is 4.12. The molecular formula is C21H30N4O4S. The Morgan fingerprint density at radius 2 is 1.87 bits per heavy atom. The van der Waals surface area contributed by atoms with E-state index in [0.29, 0.717) is 25.5 Å². The highest BCUT2D eigenvalue weighted by atomic mass is 32.2. The number of likely N-dealkylation sites (N-methyl/N-ethyl adjacent to an activating group) is 2. The zero-order chi connectivity index (χ0) is 22.3. The Hall–Kier alpha value is -2.49. The fraction of sp³-hybridized carbons (Fsp3) is 0.429. The van der Waals surface area contributed by atoms with Crippen molar-refractivity contribution in [2.24, 2.45) is 0 Å². The van der Waals surface area contributed by atoms with Gasteiger partial charge in [0.2, 0.25) is 5.91 Å². The lowest BCUT2D eigenvalue weighted by Gasteiger charge is -2.20. The molecule has 164 valence electrons. The van der Waals surface area contributed by atoms with Crippen molar-refractivity contribution < 1.29 is 18.5 Å². The minimum absolute atomic E-state index is 0.0417. The van der Waals surface area contributed by atoms with Crippen LogP contribution in [0.4, 0.5) is 5.82 Å². The largest absolute Gasteiger partial charge is 0.497 e. The van der Waals surface area contributed by atoms with Gasteiger partial charge in [-0.15, -0.1) is 0 Å². The van der Waals surface area contributed by atoms with Gasteiger partial charge < -0.3 is 20.1 Å². The third-order valence-electron chi connectivity index (χ3n) is 4.60. The number of hydrogen-bond donors (Lipinski definition) is 1. The van der Waals surface area contributed by atoms with Gasteiger partial charge in [0.15, 0.2) is 0 Å². The van der Waals surface area contributed by atoms with Crippen LogP contribution in [0.1, 0.15) is 16.7 Å². The molecule has 1 aromatic carbocycles. The van der Waals surface area contributed by atoms with Crippen molar-refractivity contribution in [2.45, 2.75) is 25.3 Å². The molecule has 0 radical (unpaired) electrons. The number of aryl methyl sites for hydroxylation is 2. The summed E-state index contributed by atoms with van der Waals surface area (Å²) in [4.78, 5) is 18.6. The van der Waals surface area contributed by atoms with E-state index in [1.807, 2.05) is 32.0 Å². The molecule has 1 atom stereocenters. The van der Waals surface area contributed by atoms with E-state index in [-0.39, 0.29) is 12.5 Å². The van der Waals surface area contributed by atoms with Crippen LogP contribution >= 0.6 is 0 Å². The molecule has 2 N–H and O–H groups in total. The van der Waals surface area contributed by atoms with Crippen molar-refractivity contribution in [2.75, 3.05) is 46.7 Å². The summed E-state index contributed by atoms with van der Waals surface area (Å²) >= 11 is 0. The number of nitrogens with zero attached hydrogens (tertiary/aromatic N) is 3. The number of anilines is 1. The first-order valence-electron chi connectivity index (χ1n) is 9.53. The van der Waals surface area contributed by atoms with E-state index in [9.17, 15) is 9.00 Å². The Bertz CT molecular complexity index is 866. The van der Waals surface area contributed by atoms with Crippen LogP contribution < -0.4 is 10.5 Å². The van der Waals surface area contributed by atoms with Crippen molar-refractivity contribution in [3.8, 4) is 5.75 Å². The zero-order valence-corrected chi connectivity index (χ0v) is 19.0. The van der Waals surface area contributed by atoms with Gasteiger partial charge in [-0.2, -0.15) is 0 Å². The number of pyridine rings is 1. The number of amides is 1. The maximum atomic E-state index is 12.9. The van der Waals surface area contributed by atoms with Gasteiger partial charge in [-0.25, -0.2) is 13.5 Å². The summed E-state index contributed by atoms with van der Waals surface area (Å²) in [5.74, 6) is 1.05. The smallest absolute Gasteiger partial charge is 0.248 e. The molecule has 0 saturated heterocycles. The van der Waals surface area contributed by atoms with Gasteiger partial charge in [0.1, 0.15) is 29.2 Å². The van der Waals surface area contributed by atoms with Crippen LogP contribution in [0.25, 0.3) is 0 Å². The lowest BCUT2D eigenvalue weighted by Crippen LogP contribution is -2.32. The first-order chi connectivity index (χ1) is 14.2. The number of carbonyl (C=O) groups is 1. The molecule has 0 fully saturated rings. The SMILES string of the molecule is COc1cc(C)c(S(=O)N(C)CCOCC(=O)N(C)Cc2ccc(N)nc2)c(C)c1. The van der Waals surface area contributed by atoms with Crippen molar-refractivity contribution in [1.29, 1.82) is 0 Å². The molecule has 0 aliphatic carbocycles. The number of methoxy groups -OCH3 is 1. The van der Waals surface area contributed by atoms with E-state index in [1.54, 1.807) is 42.7 Å². The van der Waals surface area contributed by atoms with E-state index in [0.717, 1.165) is 27.3 Å². The zero-order valence-electron chi connectivity index (χ0n) is 18.2. The van der Waals surface area contributed by atoms with Gasteiger partial charge in [-0.3, -0.25) is 4.79 Å². The molecule has 1 aromatic heterocycles. The highest BCUT2D eigenvalue weighted by molar-refractivity contribution is 7.82. The molecule has 2 rings (SSSR count). The molecule has 2 aromatic rings. The summed E-state index contributed by atoms with van der Waals surface area (Å²) in [6.07, 6.45) is 1.65. The number of nitrogens with two attached hydrogens (primary N) is 1. The number of benzene rings is 1. The Morgan fingerprint density at radius 1 is 1.20 bits per heavy atom. The molecule has 0 saturated carbocycles. The molecule has 0 aliphatic heterocycles. The van der Waals surface area contributed by atoms with Crippen LogP contribution in [0.3, 0.4) is 0 Å². The first kappa shape index (κ1) is 23.8. The van der Waals surface area contributed by atoms with E-state index in [2.05, 4.69) is 4.98 Å². The van der Waals surface area contributed by atoms with Crippen LogP contribution in [0.2, 0.25) is 0 Å².